The number of carbonyl (C=O) groups is 1. The lowest BCUT2D eigenvalue weighted by Crippen LogP contribution is -2.50. The largest absolute Gasteiger partial charge is 0.337 e. The van der Waals surface area contributed by atoms with Crippen molar-refractivity contribution in [2.75, 3.05) is 19.6 Å². The van der Waals surface area contributed by atoms with Crippen LogP contribution in [0.2, 0.25) is 0 Å². The summed E-state index contributed by atoms with van der Waals surface area (Å²) < 4.78 is 0. The van der Waals surface area contributed by atoms with Crippen molar-refractivity contribution in [1.29, 1.82) is 0 Å². The molecule has 2 amide bonds. The lowest BCUT2D eigenvalue weighted by Gasteiger charge is -2.32. The normalized spacial score (nSPS) is 16.9. The van der Waals surface area contributed by atoms with Crippen LogP contribution in [0.15, 0.2) is 30.3 Å². The molecule has 0 aliphatic carbocycles. The molecule has 0 spiro atoms. The Hall–Kier alpha value is -1.55. The number of piperidine rings is 1. The third-order valence-electron chi connectivity index (χ3n) is 3.78. The van der Waals surface area contributed by atoms with Gasteiger partial charge < -0.3 is 5.32 Å². The summed E-state index contributed by atoms with van der Waals surface area (Å²) >= 11 is 0. The second kappa shape index (κ2) is 7.90. The first kappa shape index (κ1) is 14.9. The maximum Gasteiger partial charge on any atom is 0.329 e. The molecule has 4 nitrogen and oxygen atoms in total. The number of hydrogen-bond donors (Lipinski definition) is 2. The van der Waals surface area contributed by atoms with Crippen LogP contribution < -0.4 is 10.7 Å². The average molecular weight is 275 g/mol. The van der Waals surface area contributed by atoms with E-state index in [1.54, 1.807) is 0 Å². The molecule has 1 aromatic rings. The van der Waals surface area contributed by atoms with Crippen molar-refractivity contribution in [3.05, 3.63) is 35.9 Å². The Morgan fingerprint density at radius 2 is 1.95 bits per heavy atom. The van der Waals surface area contributed by atoms with Gasteiger partial charge in [-0.15, -0.1) is 0 Å². The van der Waals surface area contributed by atoms with E-state index in [1.165, 1.54) is 5.56 Å². The van der Waals surface area contributed by atoms with Crippen LogP contribution in [0.4, 0.5) is 4.79 Å². The van der Waals surface area contributed by atoms with E-state index in [-0.39, 0.29) is 6.03 Å². The molecular weight excluding hydrogens is 250 g/mol. The Balaban J connectivity index is 1.68. The quantitative estimate of drug-likeness (QED) is 0.867. The highest BCUT2D eigenvalue weighted by Crippen LogP contribution is 2.20. The SMILES string of the molecule is CCCNC(=O)NN1CCC(Cc2ccccc2)CC1. The molecule has 2 rings (SSSR count). The second-order valence-electron chi connectivity index (χ2n) is 5.49. The standard InChI is InChI=1S/C16H25N3O/c1-2-10-17-16(20)18-19-11-8-15(9-12-19)13-14-6-4-3-5-7-14/h3-7,15H,2,8-13H2,1H3,(H2,17,18,20). The van der Waals surface area contributed by atoms with E-state index in [0.29, 0.717) is 0 Å². The van der Waals surface area contributed by atoms with E-state index in [1.807, 2.05) is 5.01 Å². The highest BCUT2D eigenvalue weighted by molar-refractivity contribution is 5.73. The third kappa shape index (κ3) is 4.85. The van der Waals surface area contributed by atoms with Crippen LogP contribution in [-0.2, 0) is 6.42 Å². The van der Waals surface area contributed by atoms with Crippen molar-refractivity contribution >= 4 is 6.03 Å². The highest BCUT2D eigenvalue weighted by atomic mass is 16.2. The Morgan fingerprint density at radius 3 is 2.60 bits per heavy atom. The molecule has 110 valence electrons. The predicted molar refractivity (Wildman–Crippen MR) is 81.3 cm³/mol. The van der Waals surface area contributed by atoms with Crippen molar-refractivity contribution in [1.82, 2.24) is 15.8 Å². The summed E-state index contributed by atoms with van der Waals surface area (Å²) in [5.74, 6) is 0.731. The van der Waals surface area contributed by atoms with Crippen molar-refractivity contribution in [3.63, 3.8) is 0 Å². The van der Waals surface area contributed by atoms with Gasteiger partial charge in [0.2, 0.25) is 0 Å². The first-order valence-electron chi connectivity index (χ1n) is 7.61. The first-order valence-corrected chi connectivity index (χ1v) is 7.61. The van der Waals surface area contributed by atoms with E-state index in [0.717, 1.165) is 51.2 Å². The van der Waals surface area contributed by atoms with Gasteiger partial charge in [-0.3, -0.25) is 5.43 Å². The molecule has 1 saturated heterocycles. The Labute approximate surface area is 121 Å². The first-order chi connectivity index (χ1) is 9.78. The summed E-state index contributed by atoms with van der Waals surface area (Å²) in [5, 5.41) is 4.87. The summed E-state index contributed by atoms with van der Waals surface area (Å²) in [6.45, 7) is 4.67. The number of hydrazine groups is 1. The summed E-state index contributed by atoms with van der Waals surface area (Å²) in [4.78, 5) is 11.6. The molecule has 1 aromatic carbocycles. The van der Waals surface area contributed by atoms with Crippen molar-refractivity contribution in [3.8, 4) is 0 Å². The van der Waals surface area contributed by atoms with Crippen molar-refractivity contribution in [2.24, 2.45) is 5.92 Å². The Kier molecular flexibility index (Phi) is 5.87. The molecule has 0 unspecified atom stereocenters. The van der Waals surface area contributed by atoms with Gasteiger partial charge in [-0.05, 0) is 37.2 Å². The fourth-order valence-electron chi connectivity index (χ4n) is 2.62. The number of urea groups is 1. The van der Waals surface area contributed by atoms with Crippen LogP contribution in [0.25, 0.3) is 0 Å². The zero-order chi connectivity index (χ0) is 14.2. The number of nitrogens with zero attached hydrogens (tertiary/aromatic N) is 1. The van der Waals surface area contributed by atoms with Crippen LogP contribution in [0, 0.1) is 5.92 Å². The molecule has 4 heteroatoms. The van der Waals surface area contributed by atoms with Gasteiger partial charge in [0.25, 0.3) is 0 Å². The number of nitrogens with one attached hydrogen (secondary N) is 2. The topological polar surface area (TPSA) is 44.4 Å². The van der Waals surface area contributed by atoms with Crippen LogP contribution in [0.5, 0.6) is 0 Å². The maximum atomic E-state index is 11.6. The molecule has 1 aliphatic rings. The third-order valence-corrected chi connectivity index (χ3v) is 3.78. The number of benzene rings is 1. The fraction of sp³-hybridized carbons (Fsp3) is 0.562. The van der Waals surface area contributed by atoms with Crippen molar-refractivity contribution in [2.45, 2.75) is 32.6 Å². The molecule has 0 saturated carbocycles. The Bertz CT molecular complexity index is 399. The number of amides is 2. The molecule has 20 heavy (non-hydrogen) atoms. The molecule has 2 N–H and O–H groups in total. The average Bonchev–Trinajstić information content (AvgIpc) is 2.48. The molecule has 1 aliphatic heterocycles. The number of carbonyl (C=O) groups excluding carboxylic acids is 1. The summed E-state index contributed by atoms with van der Waals surface area (Å²) in [6, 6.07) is 10.6. The van der Waals surface area contributed by atoms with Gasteiger partial charge in [-0.1, -0.05) is 37.3 Å². The molecule has 0 atom stereocenters. The van der Waals surface area contributed by atoms with Gasteiger partial charge in [0.1, 0.15) is 0 Å². The maximum absolute atomic E-state index is 11.6. The minimum absolute atomic E-state index is 0.0756. The zero-order valence-electron chi connectivity index (χ0n) is 12.3. The predicted octanol–water partition coefficient (Wildman–Crippen LogP) is 2.57. The Morgan fingerprint density at radius 1 is 1.25 bits per heavy atom. The van der Waals surface area contributed by atoms with E-state index in [4.69, 9.17) is 0 Å². The van der Waals surface area contributed by atoms with Crippen LogP contribution in [-0.4, -0.2) is 30.7 Å². The van der Waals surface area contributed by atoms with Crippen LogP contribution in [0.1, 0.15) is 31.7 Å². The number of hydrogen-bond acceptors (Lipinski definition) is 2. The molecule has 0 radical (unpaired) electrons. The molecule has 0 bridgehead atoms. The molecule has 0 aromatic heterocycles. The van der Waals surface area contributed by atoms with E-state index < -0.39 is 0 Å². The lowest BCUT2D eigenvalue weighted by molar-refractivity contribution is 0.130. The summed E-state index contributed by atoms with van der Waals surface area (Å²) in [7, 11) is 0. The van der Waals surface area contributed by atoms with E-state index in [2.05, 4.69) is 48.0 Å². The molecule has 1 fully saturated rings. The lowest BCUT2D eigenvalue weighted by atomic mass is 9.91. The monoisotopic (exact) mass is 275 g/mol. The van der Waals surface area contributed by atoms with Crippen molar-refractivity contribution < 1.29 is 4.79 Å². The minimum Gasteiger partial charge on any atom is -0.337 e. The van der Waals surface area contributed by atoms with E-state index in [9.17, 15) is 4.79 Å². The van der Waals surface area contributed by atoms with Crippen LogP contribution in [0.3, 0.4) is 0 Å². The van der Waals surface area contributed by atoms with Gasteiger partial charge in [0.05, 0.1) is 0 Å². The van der Waals surface area contributed by atoms with Gasteiger partial charge in [-0.2, -0.15) is 0 Å². The second-order valence-corrected chi connectivity index (χ2v) is 5.49. The number of rotatable bonds is 5. The zero-order valence-corrected chi connectivity index (χ0v) is 12.3. The summed E-state index contributed by atoms with van der Waals surface area (Å²) in [6.07, 6.45) is 4.40. The minimum atomic E-state index is -0.0756. The fourth-order valence-corrected chi connectivity index (χ4v) is 2.62. The van der Waals surface area contributed by atoms with Gasteiger partial charge in [0, 0.05) is 19.6 Å². The van der Waals surface area contributed by atoms with Gasteiger partial charge in [0.15, 0.2) is 0 Å². The van der Waals surface area contributed by atoms with Gasteiger partial charge >= 0.3 is 6.03 Å². The smallest absolute Gasteiger partial charge is 0.329 e. The van der Waals surface area contributed by atoms with E-state index >= 15 is 0 Å². The molecule has 1 heterocycles. The van der Waals surface area contributed by atoms with Crippen LogP contribution >= 0.6 is 0 Å². The highest BCUT2D eigenvalue weighted by Gasteiger charge is 2.20. The summed E-state index contributed by atoms with van der Waals surface area (Å²) in [5.41, 5.74) is 4.34. The van der Waals surface area contributed by atoms with Gasteiger partial charge in [-0.25, -0.2) is 9.80 Å². The molecular formula is C16H25N3O.